The van der Waals surface area contributed by atoms with Crippen molar-refractivity contribution in [2.45, 2.75) is 50.6 Å². The van der Waals surface area contributed by atoms with Crippen LogP contribution < -0.4 is 10.0 Å². The molecular weight excluding hydrogens is 284 g/mol. The number of nitrogens with one attached hydrogen (secondary N) is 2. The van der Waals surface area contributed by atoms with Crippen LogP contribution in [0, 0.1) is 11.8 Å². The third kappa shape index (κ3) is 3.84. The van der Waals surface area contributed by atoms with E-state index in [0.29, 0.717) is 16.7 Å². The molecule has 0 radical (unpaired) electrons. The maximum absolute atomic E-state index is 12.5. The highest BCUT2D eigenvalue weighted by atomic mass is 32.2. The molecule has 1 aromatic rings. The average molecular weight is 310 g/mol. The highest BCUT2D eigenvalue weighted by Gasteiger charge is 2.34. The number of benzene rings is 1. The number of sulfonamides is 1. The first-order valence-corrected chi connectivity index (χ1v) is 9.22. The van der Waals surface area contributed by atoms with E-state index in [1.54, 1.807) is 12.1 Å². The number of hydrogen-bond acceptors (Lipinski definition) is 3. The minimum Gasteiger partial charge on any atom is -0.316 e. The fraction of sp³-hybridized carbons (Fsp3) is 0.625. The average Bonchev–Trinajstić information content (AvgIpc) is 2.80. The van der Waals surface area contributed by atoms with E-state index in [1.807, 2.05) is 19.2 Å². The Morgan fingerprint density at radius 3 is 2.38 bits per heavy atom. The van der Waals surface area contributed by atoms with Gasteiger partial charge in [0.05, 0.1) is 4.90 Å². The van der Waals surface area contributed by atoms with Gasteiger partial charge in [0.1, 0.15) is 0 Å². The molecule has 1 aliphatic rings. The lowest BCUT2D eigenvalue weighted by molar-refractivity contribution is 0.368. The Balaban J connectivity index is 2.08. The molecule has 0 aromatic heterocycles. The minimum absolute atomic E-state index is 0.0666. The summed E-state index contributed by atoms with van der Waals surface area (Å²) in [5, 5.41) is 3.05. The molecule has 4 nitrogen and oxygen atoms in total. The van der Waals surface area contributed by atoms with Crippen LogP contribution in [-0.4, -0.2) is 21.5 Å². The number of rotatable bonds is 6. The van der Waals surface area contributed by atoms with Gasteiger partial charge in [0.15, 0.2) is 0 Å². The first-order valence-electron chi connectivity index (χ1n) is 7.73. The summed E-state index contributed by atoms with van der Waals surface area (Å²) in [7, 11) is -1.54. The molecule has 2 rings (SSSR count). The largest absolute Gasteiger partial charge is 0.316 e. The molecule has 3 unspecified atom stereocenters. The topological polar surface area (TPSA) is 58.2 Å². The summed E-state index contributed by atoms with van der Waals surface area (Å²) < 4.78 is 27.8. The predicted molar refractivity (Wildman–Crippen MR) is 85.5 cm³/mol. The molecule has 1 saturated carbocycles. The van der Waals surface area contributed by atoms with E-state index in [4.69, 9.17) is 0 Å². The van der Waals surface area contributed by atoms with Crippen molar-refractivity contribution < 1.29 is 8.42 Å². The van der Waals surface area contributed by atoms with Crippen molar-refractivity contribution in [3.8, 4) is 0 Å². The lowest BCUT2D eigenvalue weighted by atomic mass is 9.94. The van der Waals surface area contributed by atoms with E-state index in [1.165, 1.54) is 0 Å². The van der Waals surface area contributed by atoms with E-state index < -0.39 is 10.0 Å². The smallest absolute Gasteiger partial charge is 0.240 e. The molecule has 21 heavy (non-hydrogen) atoms. The van der Waals surface area contributed by atoms with Gasteiger partial charge in [0, 0.05) is 12.6 Å². The SMILES string of the molecule is CCC1CCC(NS(=O)(=O)c2ccc(CNC)cc2)C1C. The highest BCUT2D eigenvalue weighted by molar-refractivity contribution is 7.89. The van der Waals surface area contributed by atoms with Gasteiger partial charge < -0.3 is 5.32 Å². The molecule has 0 amide bonds. The van der Waals surface area contributed by atoms with Crippen LogP contribution in [0.3, 0.4) is 0 Å². The van der Waals surface area contributed by atoms with E-state index in [9.17, 15) is 8.42 Å². The molecule has 0 saturated heterocycles. The van der Waals surface area contributed by atoms with Crippen LogP contribution in [0.15, 0.2) is 29.2 Å². The Bertz CT molecular complexity index is 554. The van der Waals surface area contributed by atoms with Crippen molar-refractivity contribution in [2.75, 3.05) is 7.05 Å². The third-order valence-electron chi connectivity index (χ3n) is 4.67. The molecule has 0 heterocycles. The molecular formula is C16H26N2O2S. The van der Waals surface area contributed by atoms with Crippen molar-refractivity contribution in [1.29, 1.82) is 0 Å². The zero-order valence-corrected chi connectivity index (χ0v) is 13.9. The molecule has 0 bridgehead atoms. The molecule has 3 atom stereocenters. The van der Waals surface area contributed by atoms with Crippen molar-refractivity contribution in [2.24, 2.45) is 11.8 Å². The third-order valence-corrected chi connectivity index (χ3v) is 6.18. The Hall–Kier alpha value is -0.910. The van der Waals surface area contributed by atoms with Crippen LogP contribution >= 0.6 is 0 Å². The summed E-state index contributed by atoms with van der Waals surface area (Å²) in [5.74, 6) is 1.05. The summed E-state index contributed by atoms with van der Waals surface area (Å²) in [6.45, 7) is 5.08. The molecule has 0 spiro atoms. The normalized spacial score (nSPS) is 26.1. The van der Waals surface area contributed by atoms with Gasteiger partial charge >= 0.3 is 0 Å². The molecule has 1 aliphatic carbocycles. The fourth-order valence-electron chi connectivity index (χ4n) is 3.25. The summed E-state index contributed by atoms with van der Waals surface area (Å²) in [6.07, 6.45) is 3.18. The summed E-state index contributed by atoms with van der Waals surface area (Å²) in [5.41, 5.74) is 1.08. The van der Waals surface area contributed by atoms with Crippen LogP contribution in [0.4, 0.5) is 0 Å². The Morgan fingerprint density at radius 2 is 1.86 bits per heavy atom. The van der Waals surface area contributed by atoms with Crippen molar-refractivity contribution in [3.63, 3.8) is 0 Å². The molecule has 1 aromatic carbocycles. The molecule has 2 N–H and O–H groups in total. The lowest BCUT2D eigenvalue weighted by Crippen LogP contribution is -2.37. The van der Waals surface area contributed by atoms with Crippen LogP contribution in [0.2, 0.25) is 0 Å². The van der Waals surface area contributed by atoms with E-state index >= 15 is 0 Å². The zero-order valence-electron chi connectivity index (χ0n) is 13.1. The van der Waals surface area contributed by atoms with Gasteiger partial charge in [-0.15, -0.1) is 0 Å². The van der Waals surface area contributed by atoms with Gasteiger partial charge in [0.25, 0.3) is 0 Å². The van der Waals surface area contributed by atoms with Crippen LogP contribution in [0.5, 0.6) is 0 Å². The van der Waals surface area contributed by atoms with Crippen LogP contribution in [0.1, 0.15) is 38.7 Å². The maximum Gasteiger partial charge on any atom is 0.240 e. The first kappa shape index (κ1) is 16.5. The lowest BCUT2D eigenvalue weighted by Gasteiger charge is -2.21. The second-order valence-corrected chi connectivity index (χ2v) is 7.72. The Morgan fingerprint density at radius 1 is 1.19 bits per heavy atom. The van der Waals surface area contributed by atoms with Crippen molar-refractivity contribution in [1.82, 2.24) is 10.0 Å². The van der Waals surface area contributed by atoms with Gasteiger partial charge in [-0.3, -0.25) is 0 Å². The molecule has 0 aliphatic heterocycles. The van der Waals surface area contributed by atoms with Gasteiger partial charge in [-0.25, -0.2) is 13.1 Å². The molecule has 5 heteroatoms. The van der Waals surface area contributed by atoms with E-state index in [2.05, 4.69) is 23.9 Å². The Labute approximate surface area is 128 Å². The van der Waals surface area contributed by atoms with Crippen LogP contribution in [-0.2, 0) is 16.6 Å². The number of hydrogen-bond donors (Lipinski definition) is 2. The Kier molecular flexibility index (Phi) is 5.41. The van der Waals surface area contributed by atoms with Crippen molar-refractivity contribution >= 4 is 10.0 Å². The summed E-state index contributed by atoms with van der Waals surface area (Å²) in [4.78, 5) is 0.356. The monoisotopic (exact) mass is 310 g/mol. The predicted octanol–water partition coefficient (Wildman–Crippen LogP) is 2.51. The highest BCUT2D eigenvalue weighted by Crippen LogP contribution is 2.34. The quantitative estimate of drug-likeness (QED) is 0.849. The van der Waals surface area contributed by atoms with Gasteiger partial charge in [-0.2, -0.15) is 0 Å². The first-order chi connectivity index (χ1) is 9.97. The summed E-state index contributed by atoms with van der Waals surface area (Å²) in [6, 6.07) is 7.16. The van der Waals surface area contributed by atoms with Crippen molar-refractivity contribution in [3.05, 3.63) is 29.8 Å². The maximum atomic E-state index is 12.5. The minimum atomic E-state index is -3.41. The van der Waals surface area contributed by atoms with E-state index in [-0.39, 0.29) is 6.04 Å². The van der Waals surface area contributed by atoms with Gasteiger partial charge in [0.2, 0.25) is 10.0 Å². The second kappa shape index (κ2) is 6.90. The molecule has 1 fully saturated rings. The standard InChI is InChI=1S/C16H26N2O2S/c1-4-14-7-10-16(12(14)2)18-21(19,20)15-8-5-13(6-9-15)11-17-3/h5-6,8-9,12,14,16-18H,4,7,10-11H2,1-3H3. The van der Waals surface area contributed by atoms with Crippen LogP contribution in [0.25, 0.3) is 0 Å². The van der Waals surface area contributed by atoms with Gasteiger partial charge in [-0.05, 0) is 49.4 Å². The summed E-state index contributed by atoms with van der Waals surface area (Å²) >= 11 is 0. The zero-order chi connectivity index (χ0) is 15.5. The molecule has 118 valence electrons. The fourth-order valence-corrected chi connectivity index (χ4v) is 4.61. The van der Waals surface area contributed by atoms with Gasteiger partial charge in [-0.1, -0.05) is 32.4 Å². The second-order valence-electron chi connectivity index (χ2n) is 6.01. The van der Waals surface area contributed by atoms with E-state index in [0.717, 1.165) is 31.4 Å².